The van der Waals surface area contributed by atoms with Crippen LogP contribution in [0, 0.1) is 18.2 Å². The molecule has 1 aromatic carbocycles. The van der Waals surface area contributed by atoms with E-state index in [1.807, 2.05) is 4.90 Å². The number of hydrogen-bond donors (Lipinski definition) is 2. The van der Waals surface area contributed by atoms with Gasteiger partial charge in [-0.2, -0.15) is 5.10 Å². The molecule has 13 heteroatoms. The van der Waals surface area contributed by atoms with Crippen LogP contribution in [-0.4, -0.2) is 63.9 Å². The van der Waals surface area contributed by atoms with Crippen molar-refractivity contribution < 1.29 is 27.5 Å². The zero-order valence-electron chi connectivity index (χ0n) is 21.5. The average Bonchev–Trinajstić information content (AvgIpc) is 3.26. The number of methoxy groups -OCH3 is 1. The Morgan fingerprint density at radius 1 is 1.24 bits per heavy atom. The van der Waals surface area contributed by atoms with E-state index in [-0.39, 0.29) is 48.8 Å². The first kappa shape index (κ1) is 26.0. The number of hydrogen-bond acceptors (Lipinski definition) is 6. The van der Waals surface area contributed by atoms with Crippen molar-refractivity contribution in [2.24, 2.45) is 11.1 Å². The summed E-state index contributed by atoms with van der Waals surface area (Å²) in [7, 11) is 1.58. The Hall–Kier alpha value is -3.61. The van der Waals surface area contributed by atoms with E-state index in [4.69, 9.17) is 10.5 Å². The molecule has 3 aromatic rings. The van der Waals surface area contributed by atoms with Gasteiger partial charge in [-0.15, -0.1) is 0 Å². The molecule has 3 heterocycles. The number of imidazole rings is 1. The van der Waals surface area contributed by atoms with Crippen molar-refractivity contribution in [2.75, 3.05) is 37.0 Å². The Bertz CT molecular complexity index is 1420. The fourth-order valence-corrected chi connectivity index (χ4v) is 5.79. The predicted octanol–water partition coefficient (Wildman–Crippen LogP) is 3.32. The van der Waals surface area contributed by atoms with Gasteiger partial charge < -0.3 is 19.9 Å². The Morgan fingerprint density at radius 3 is 2.61 bits per heavy atom. The fourth-order valence-electron chi connectivity index (χ4n) is 5.79. The van der Waals surface area contributed by atoms with Gasteiger partial charge in [0.05, 0.1) is 22.4 Å². The number of benzene rings is 1. The second kappa shape index (κ2) is 9.29. The van der Waals surface area contributed by atoms with Crippen LogP contribution >= 0.6 is 0 Å². The zero-order valence-corrected chi connectivity index (χ0v) is 21.5. The minimum Gasteiger partial charge on any atom is -0.385 e. The molecular weight excluding hydrogens is 503 g/mol. The molecule has 0 unspecified atom stereocenters. The summed E-state index contributed by atoms with van der Waals surface area (Å²) in [5.41, 5.74) is 6.38. The quantitative estimate of drug-likeness (QED) is 0.429. The maximum Gasteiger partial charge on any atom is 0.279 e. The summed E-state index contributed by atoms with van der Waals surface area (Å²) >= 11 is 0. The number of anilines is 2. The molecule has 2 aromatic heterocycles. The number of nitrogens with one attached hydrogen (secondary N) is 1. The van der Waals surface area contributed by atoms with E-state index < -0.39 is 29.0 Å². The average molecular weight is 534 g/mol. The number of aromatic nitrogens is 4. The Morgan fingerprint density at radius 2 is 1.97 bits per heavy atom. The standard InChI is InChI=1S/C25H30F3N7O3/c1-4-35-20(18(26)14(2)32-35)22(37)31-23-30-16-8-15(21(29)36)9-17-19(16)34(23)13-24(10-25(27,28)11-24)12-33(17)6-5-7-38-3/h8-9H,4-7,10-13H2,1-3H3,(H2,29,36)(H,30,31,37). The number of primary amides is 1. The van der Waals surface area contributed by atoms with Gasteiger partial charge in [-0.05, 0) is 32.4 Å². The molecule has 3 N–H and O–H groups in total. The molecule has 10 nitrogen and oxygen atoms in total. The van der Waals surface area contributed by atoms with Crippen LogP contribution in [0.5, 0.6) is 0 Å². The predicted molar refractivity (Wildman–Crippen MR) is 134 cm³/mol. The summed E-state index contributed by atoms with van der Waals surface area (Å²) in [6, 6.07) is 3.14. The van der Waals surface area contributed by atoms with Gasteiger partial charge in [0.1, 0.15) is 0 Å². The monoisotopic (exact) mass is 533 g/mol. The molecule has 5 rings (SSSR count). The number of aryl methyl sites for hydroxylation is 2. The highest BCUT2D eigenvalue weighted by Gasteiger charge is 2.58. The van der Waals surface area contributed by atoms with Crippen LogP contribution < -0.4 is 16.0 Å². The Kier molecular flexibility index (Phi) is 6.36. The van der Waals surface area contributed by atoms with Crippen LogP contribution in [0.15, 0.2) is 12.1 Å². The first-order valence-corrected chi connectivity index (χ1v) is 12.5. The van der Waals surface area contributed by atoms with Crippen LogP contribution in [0.1, 0.15) is 52.7 Å². The number of amides is 2. The van der Waals surface area contributed by atoms with E-state index in [0.717, 1.165) is 0 Å². The molecule has 1 aliphatic heterocycles. The van der Waals surface area contributed by atoms with Gasteiger partial charge in [-0.3, -0.25) is 19.6 Å². The number of carbonyl (C=O) groups excluding carboxylic acids is 2. The molecule has 38 heavy (non-hydrogen) atoms. The summed E-state index contributed by atoms with van der Waals surface area (Å²) in [5.74, 6) is -4.90. The number of halogens is 3. The molecule has 204 valence electrons. The normalized spacial score (nSPS) is 17.5. The summed E-state index contributed by atoms with van der Waals surface area (Å²) < 4.78 is 51.4. The number of carbonyl (C=O) groups is 2. The van der Waals surface area contributed by atoms with Crippen molar-refractivity contribution in [3.63, 3.8) is 0 Å². The van der Waals surface area contributed by atoms with Crippen molar-refractivity contribution in [3.05, 3.63) is 34.9 Å². The Balaban J connectivity index is 1.64. The van der Waals surface area contributed by atoms with E-state index in [1.54, 1.807) is 24.7 Å². The molecule has 1 spiro atoms. The van der Waals surface area contributed by atoms with Gasteiger partial charge in [0, 0.05) is 63.7 Å². The lowest BCUT2D eigenvalue weighted by Gasteiger charge is -2.49. The lowest BCUT2D eigenvalue weighted by molar-refractivity contribution is -0.162. The number of rotatable bonds is 8. The SMILES string of the molecule is CCn1nc(C)c(F)c1C(=O)Nc1nc2cc(C(N)=O)cc3c2n1CC1(CN3CCCOC)CC(F)(F)C1. The van der Waals surface area contributed by atoms with Crippen molar-refractivity contribution in [2.45, 2.75) is 52.1 Å². The minimum absolute atomic E-state index is 0.0714. The third-order valence-corrected chi connectivity index (χ3v) is 7.30. The maximum absolute atomic E-state index is 14.8. The molecule has 2 amide bonds. The van der Waals surface area contributed by atoms with Gasteiger partial charge in [0.15, 0.2) is 11.5 Å². The fraction of sp³-hybridized carbons (Fsp3) is 0.520. The molecule has 0 atom stereocenters. The maximum atomic E-state index is 14.8. The topological polar surface area (TPSA) is 120 Å². The molecular formula is C25H30F3N7O3. The third kappa shape index (κ3) is 4.38. The zero-order chi connectivity index (χ0) is 27.4. The van der Waals surface area contributed by atoms with E-state index >= 15 is 0 Å². The van der Waals surface area contributed by atoms with E-state index in [1.165, 1.54) is 17.7 Å². The third-order valence-electron chi connectivity index (χ3n) is 7.30. The highest BCUT2D eigenvalue weighted by atomic mass is 19.3. The molecule has 2 aliphatic rings. The van der Waals surface area contributed by atoms with Crippen molar-refractivity contribution in [1.82, 2.24) is 19.3 Å². The molecule has 0 saturated heterocycles. The molecule has 1 saturated carbocycles. The van der Waals surface area contributed by atoms with Crippen LogP contribution in [0.25, 0.3) is 11.0 Å². The van der Waals surface area contributed by atoms with Gasteiger partial charge in [-0.1, -0.05) is 0 Å². The van der Waals surface area contributed by atoms with E-state index in [0.29, 0.717) is 42.8 Å². The van der Waals surface area contributed by atoms with Crippen molar-refractivity contribution in [3.8, 4) is 0 Å². The van der Waals surface area contributed by atoms with Crippen LogP contribution in [-0.2, 0) is 17.8 Å². The second-order valence-corrected chi connectivity index (χ2v) is 10.2. The van der Waals surface area contributed by atoms with Crippen LogP contribution in [0.2, 0.25) is 0 Å². The molecule has 0 bridgehead atoms. The largest absolute Gasteiger partial charge is 0.385 e. The van der Waals surface area contributed by atoms with Gasteiger partial charge in [0.25, 0.3) is 5.91 Å². The van der Waals surface area contributed by atoms with Gasteiger partial charge >= 0.3 is 0 Å². The number of nitrogens with two attached hydrogens (primary N) is 1. The lowest BCUT2D eigenvalue weighted by atomic mass is 9.65. The van der Waals surface area contributed by atoms with E-state index in [9.17, 15) is 22.8 Å². The highest BCUT2D eigenvalue weighted by Crippen LogP contribution is 2.55. The number of ether oxygens (including phenoxy) is 1. The minimum atomic E-state index is -2.80. The molecule has 0 radical (unpaired) electrons. The summed E-state index contributed by atoms with van der Waals surface area (Å²) in [5, 5.41) is 6.73. The van der Waals surface area contributed by atoms with Crippen LogP contribution in [0.3, 0.4) is 0 Å². The van der Waals surface area contributed by atoms with Crippen molar-refractivity contribution >= 4 is 34.5 Å². The smallest absolute Gasteiger partial charge is 0.279 e. The first-order valence-electron chi connectivity index (χ1n) is 12.5. The summed E-state index contributed by atoms with van der Waals surface area (Å²) in [4.78, 5) is 31.9. The van der Waals surface area contributed by atoms with Crippen LogP contribution in [0.4, 0.5) is 24.8 Å². The molecule has 1 fully saturated rings. The lowest BCUT2D eigenvalue weighted by Crippen LogP contribution is -2.54. The summed E-state index contributed by atoms with van der Waals surface area (Å²) in [6.45, 7) is 4.90. The number of nitrogens with zero attached hydrogens (tertiary/aromatic N) is 5. The molecule has 1 aliphatic carbocycles. The second-order valence-electron chi connectivity index (χ2n) is 10.2. The van der Waals surface area contributed by atoms with Crippen molar-refractivity contribution in [1.29, 1.82) is 0 Å². The van der Waals surface area contributed by atoms with Gasteiger partial charge in [0.2, 0.25) is 17.8 Å². The van der Waals surface area contributed by atoms with Gasteiger partial charge in [-0.25, -0.2) is 18.2 Å². The number of alkyl halides is 2. The summed E-state index contributed by atoms with van der Waals surface area (Å²) in [6.07, 6.45) is -0.0372. The first-order chi connectivity index (χ1) is 18.0. The Labute approximate surface area is 216 Å². The van der Waals surface area contributed by atoms with E-state index in [2.05, 4.69) is 15.4 Å². The highest BCUT2D eigenvalue weighted by molar-refractivity contribution is 6.05.